The number of amides is 1. The van der Waals surface area contributed by atoms with Crippen LogP contribution in [-0.4, -0.2) is 35.6 Å². The molecule has 2 unspecified atom stereocenters. The third-order valence-corrected chi connectivity index (χ3v) is 3.56. The highest BCUT2D eigenvalue weighted by molar-refractivity contribution is 5.79. The van der Waals surface area contributed by atoms with Crippen molar-refractivity contribution in [3.63, 3.8) is 0 Å². The Morgan fingerprint density at radius 1 is 1.12 bits per heavy atom. The molecule has 5 nitrogen and oxygen atoms in total. The fourth-order valence-corrected chi connectivity index (χ4v) is 2.38. The highest BCUT2D eigenvalue weighted by Crippen LogP contribution is 2.24. The van der Waals surface area contributed by atoms with Gasteiger partial charge in [-0.15, -0.1) is 0 Å². The van der Waals surface area contributed by atoms with Crippen LogP contribution in [0.1, 0.15) is 38.5 Å². The van der Waals surface area contributed by atoms with E-state index in [0.717, 1.165) is 32.1 Å². The Morgan fingerprint density at radius 2 is 1.82 bits per heavy atom. The summed E-state index contributed by atoms with van der Waals surface area (Å²) in [7, 11) is 0. The predicted molar refractivity (Wildman–Crippen MR) is 62.5 cm³/mol. The van der Waals surface area contributed by atoms with Crippen molar-refractivity contribution in [1.82, 2.24) is 10.6 Å². The van der Waals surface area contributed by atoms with Crippen LogP contribution in [0.3, 0.4) is 0 Å². The zero-order valence-corrected chi connectivity index (χ0v) is 9.95. The molecule has 0 saturated heterocycles. The highest BCUT2D eigenvalue weighted by atomic mass is 16.4. The molecule has 96 valence electrons. The zero-order valence-electron chi connectivity index (χ0n) is 9.95. The van der Waals surface area contributed by atoms with Gasteiger partial charge in [0.1, 0.15) is 0 Å². The summed E-state index contributed by atoms with van der Waals surface area (Å²) in [5, 5.41) is 15.1. The molecule has 1 amide bonds. The number of rotatable bonds is 5. The van der Waals surface area contributed by atoms with Gasteiger partial charge in [-0.25, -0.2) is 0 Å². The number of aliphatic carboxylic acids is 1. The SMILES string of the molecule is O=C(CNC1CC1)NC1CCCCC1C(=O)O. The Kier molecular flexibility index (Phi) is 3.99. The number of carbonyl (C=O) groups is 2. The van der Waals surface area contributed by atoms with E-state index in [-0.39, 0.29) is 11.9 Å². The number of carboxylic acids is 1. The minimum Gasteiger partial charge on any atom is -0.481 e. The number of carbonyl (C=O) groups excluding carboxylic acids is 1. The van der Waals surface area contributed by atoms with Crippen LogP contribution in [0.5, 0.6) is 0 Å². The molecule has 0 aromatic carbocycles. The van der Waals surface area contributed by atoms with Gasteiger partial charge in [0.15, 0.2) is 0 Å². The van der Waals surface area contributed by atoms with Gasteiger partial charge < -0.3 is 15.7 Å². The molecule has 2 aliphatic carbocycles. The molecule has 2 atom stereocenters. The predicted octanol–water partition coefficient (Wildman–Crippen LogP) is 0.498. The molecule has 17 heavy (non-hydrogen) atoms. The van der Waals surface area contributed by atoms with Crippen LogP contribution in [0.2, 0.25) is 0 Å². The average Bonchev–Trinajstić information content (AvgIpc) is 3.10. The van der Waals surface area contributed by atoms with E-state index in [0.29, 0.717) is 19.0 Å². The third-order valence-electron chi connectivity index (χ3n) is 3.56. The van der Waals surface area contributed by atoms with E-state index >= 15 is 0 Å². The normalized spacial score (nSPS) is 28.7. The van der Waals surface area contributed by atoms with Gasteiger partial charge in [0.05, 0.1) is 12.5 Å². The molecule has 0 spiro atoms. The summed E-state index contributed by atoms with van der Waals surface area (Å²) in [5.41, 5.74) is 0. The molecule has 2 saturated carbocycles. The summed E-state index contributed by atoms with van der Waals surface area (Å²) in [6.45, 7) is 0.313. The van der Waals surface area contributed by atoms with Crippen molar-refractivity contribution in [2.24, 2.45) is 5.92 Å². The van der Waals surface area contributed by atoms with E-state index in [1.807, 2.05) is 0 Å². The van der Waals surface area contributed by atoms with Gasteiger partial charge in [0, 0.05) is 12.1 Å². The molecule has 0 aromatic heterocycles. The molecule has 0 aliphatic heterocycles. The van der Waals surface area contributed by atoms with Crippen molar-refractivity contribution in [2.45, 2.75) is 50.6 Å². The van der Waals surface area contributed by atoms with Gasteiger partial charge in [-0.05, 0) is 25.7 Å². The molecule has 0 aromatic rings. The minimum atomic E-state index is -0.787. The quantitative estimate of drug-likeness (QED) is 0.654. The number of nitrogens with one attached hydrogen (secondary N) is 2. The minimum absolute atomic E-state index is 0.0740. The second kappa shape index (κ2) is 5.49. The van der Waals surface area contributed by atoms with Crippen molar-refractivity contribution < 1.29 is 14.7 Å². The van der Waals surface area contributed by atoms with Crippen molar-refractivity contribution in [3.05, 3.63) is 0 Å². The lowest BCUT2D eigenvalue weighted by atomic mass is 9.84. The fourth-order valence-electron chi connectivity index (χ4n) is 2.38. The standard InChI is InChI=1S/C12H20N2O3/c15-11(7-13-8-5-6-8)14-10-4-2-1-3-9(10)12(16)17/h8-10,13H,1-7H2,(H,14,15)(H,16,17). The molecule has 2 aliphatic rings. The van der Waals surface area contributed by atoms with Crippen molar-refractivity contribution in [1.29, 1.82) is 0 Å². The average molecular weight is 240 g/mol. The van der Waals surface area contributed by atoms with Gasteiger partial charge in [0.25, 0.3) is 0 Å². The summed E-state index contributed by atoms with van der Waals surface area (Å²) in [5.74, 6) is -1.27. The lowest BCUT2D eigenvalue weighted by molar-refractivity contribution is -0.144. The maximum Gasteiger partial charge on any atom is 0.308 e. The first-order chi connectivity index (χ1) is 8.16. The maximum atomic E-state index is 11.6. The van der Waals surface area contributed by atoms with Crippen molar-refractivity contribution in [3.8, 4) is 0 Å². The van der Waals surface area contributed by atoms with Crippen LogP contribution in [0.15, 0.2) is 0 Å². The molecule has 0 radical (unpaired) electrons. The van der Waals surface area contributed by atoms with Gasteiger partial charge in [-0.3, -0.25) is 9.59 Å². The summed E-state index contributed by atoms with van der Waals surface area (Å²) in [6.07, 6.45) is 5.71. The van der Waals surface area contributed by atoms with Gasteiger partial charge in [0.2, 0.25) is 5.91 Å². The van der Waals surface area contributed by atoms with Gasteiger partial charge in [-0.2, -0.15) is 0 Å². The lowest BCUT2D eigenvalue weighted by Crippen LogP contribution is -2.47. The summed E-state index contributed by atoms with van der Waals surface area (Å²) in [4.78, 5) is 22.7. The second-order valence-corrected chi connectivity index (χ2v) is 5.06. The fraction of sp³-hybridized carbons (Fsp3) is 0.833. The Labute approximate surface area is 101 Å². The molecule has 2 fully saturated rings. The molecule has 0 heterocycles. The summed E-state index contributed by atoms with van der Waals surface area (Å²) in [6, 6.07) is 0.317. The lowest BCUT2D eigenvalue weighted by Gasteiger charge is -2.29. The highest BCUT2D eigenvalue weighted by Gasteiger charge is 2.32. The molecule has 2 rings (SSSR count). The molecule has 0 bridgehead atoms. The van der Waals surface area contributed by atoms with E-state index < -0.39 is 11.9 Å². The number of hydrogen-bond donors (Lipinski definition) is 3. The largest absolute Gasteiger partial charge is 0.481 e. The van der Waals surface area contributed by atoms with E-state index in [2.05, 4.69) is 10.6 Å². The summed E-state index contributed by atoms with van der Waals surface area (Å²) >= 11 is 0. The van der Waals surface area contributed by atoms with Crippen LogP contribution < -0.4 is 10.6 Å². The first-order valence-corrected chi connectivity index (χ1v) is 6.42. The number of hydrogen-bond acceptors (Lipinski definition) is 3. The van der Waals surface area contributed by atoms with Crippen molar-refractivity contribution >= 4 is 11.9 Å². The summed E-state index contributed by atoms with van der Waals surface area (Å²) < 4.78 is 0. The van der Waals surface area contributed by atoms with Crippen LogP contribution in [-0.2, 0) is 9.59 Å². The smallest absolute Gasteiger partial charge is 0.308 e. The van der Waals surface area contributed by atoms with E-state index in [4.69, 9.17) is 5.11 Å². The Hall–Kier alpha value is -1.10. The van der Waals surface area contributed by atoms with Crippen LogP contribution in [0.4, 0.5) is 0 Å². The third kappa shape index (κ3) is 3.70. The Bertz CT molecular complexity index is 302. The van der Waals surface area contributed by atoms with Crippen molar-refractivity contribution in [2.75, 3.05) is 6.54 Å². The zero-order chi connectivity index (χ0) is 12.3. The first kappa shape index (κ1) is 12.4. The van der Waals surface area contributed by atoms with Crippen LogP contribution in [0.25, 0.3) is 0 Å². The van der Waals surface area contributed by atoms with Gasteiger partial charge >= 0.3 is 5.97 Å². The van der Waals surface area contributed by atoms with Gasteiger partial charge in [-0.1, -0.05) is 12.8 Å². The topological polar surface area (TPSA) is 78.4 Å². The second-order valence-electron chi connectivity index (χ2n) is 5.06. The molecular weight excluding hydrogens is 220 g/mol. The monoisotopic (exact) mass is 240 g/mol. The van der Waals surface area contributed by atoms with Crippen LogP contribution >= 0.6 is 0 Å². The Morgan fingerprint density at radius 3 is 2.47 bits per heavy atom. The van der Waals surface area contributed by atoms with Crippen LogP contribution in [0, 0.1) is 5.92 Å². The first-order valence-electron chi connectivity index (χ1n) is 6.42. The van der Waals surface area contributed by atoms with E-state index in [1.54, 1.807) is 0 Å². The number of carboxylic acid groups (broad SMARTS) is 1. The molecular formula is C12H20N2O3. The Balaban J connectivity index is 1.77. The maximum absolute atomic E-state index is 11.6. The van der Waals surface area contributed by atoms with E-state index in [9.17, 15) is 9.59 Å². The van der Waals surface area contributed by atoms with E-state index in [1.165, 1.54) is 0 Å². The molecule has 5 heteroatoms. The molecule has 3 N–H and O–H groups in total.